The molecular formula is C12H7BrClF3N2O. The number of hydrogen-bond donors (Lipinski definition) is 2. The Hall–Kier alpha value is -1.47. The lowest BCUT2D eigenvalue weighted by Gasteiger charge is -2.13. The van der Waals surface area contributed by atoms with Gasteiger partial charge < -0.3 is 10.3 Å². The van der Waals surface area contributed by atoms with Crippen molar-refractivity contribution in [2.24, 2.45) is 0 Å². The van der Waals surface area contributed by atoms with Crippen LogP contribution in [-0.4, -0.2) is 10.9 Å². The van der Waals surface area contributed by atoms with Gasteiger partial charge in [0.1, 0.15) is 5.69 Å². The van der Waals surface area contributed by atoms with Gasteiger partial charge in [0.05, 0.1) is 11.3 Å². The van der Waals surface area contributed by atoms with Crippen molar-refractivity contribution in [3.63, 3.8) is 0 Å². The molecule has 2 aromatic rings. The van der Waals surface area contributed by atoms with Crippen molar-refractivity contribution in [2.45, 2.75) is 6.18 Å². The first-order chi connectivity index (χ1) is 9.27. The second-order valence-corrected chi connectivity index (χ2v) is 5.23. The molecule has 106 valence electrons. The lowest BCUT2D eigenvalue weighted by atomic mass is 10.1. The number of alkyl halides is 3. The average molecular weight is 368 g/mol. The van der Waals surface area contributed by atoms with Gasteiger partial charge in [-0.15, -0.1) is 0 Å². The Morgan fingerprint density at radius 3 is 2.55 bits per heavy atom. The topological polar surface area (TPSA) is 44.9 Å². The number of carbonyl (C=O) groups is 1. The van der Waals surface area contributed by atoms with Gasteiger partial charge in [0.2, 0.25) is 0 Å². The third kappa shape index (κ3) is 3.34. The number of benzene rings is 1. The summed E-state index contributed by atoms with van der Waals surface area (Å²) < 4.78 is 39.2. The quantitative estimate of drug-likeness (QED) is 0.794. The molecule has 20 heavy (non-hydrogen) atoms. The molecular weight excluding hydrogens is 360 g/mol. The highest BCUT2D eigenvalue weighted by Crippen LogP contribution is 2.36. The van der Waals surface area contributed by atoms with Crippen LogP contribution in [0.4, 0.5) is 18.9 Å². The molecule has 1 heterocycles. The van der Waals surface area contributed by atoms with Gasteiger partial charge in [-0.25, -0.2) is 0 Å². The standard InChI is InChI=1S/C12H7BrClF3N2O/c13-6-3-10(18-5-6)11(20)19-9-2-1-7(14)4-8(9)12(15,16)17/h1-5,18H,(H,19,20). The number of rotatable bonds is 2. The van der Waals surface area contributed by atoms with Gasteiger partial charge in [-0.05, 0) is 40.2 Å². The summed E-state index contributed by atoms with van der Waals surface area (Å²) in [5.74, 6) is -0.677. The number of carbonyl (C=O) groups excluding carboxylic acids is 1. The summed E-state index contributed by atoms with van der Waals surface area (Å²) in [5.41, 5.74) is -1.21. The average Bonchev–Trinajstić information content (AvgIpc) is 2.77. The lowest BCUT2D eigenvalue weighted by Crippen LogP contribution is -2.16. The Morgan fingerprint density at radius 2 is 2.00 bits per heavy atom. The van der Waals surface area contributed by atoms with E-state index < -0.39 is 17.6 Å². The van der Waals surface area contributed by atoms with E-state index in [1.807, 2.05) is 0 Å². The molecule has 0 aliphatic heterocycles. The molecule has 0 spiro atoms. The molecule has 8 heteroatoms. The van der Waals surface area contributed by atoms with Gasteiger partial charge in [0.25, 0.3) is 5.91 Å². The van der Waals surface area contributed by atoms with E-state index in [-0.39, 0.29) is 16.4 Å². The fourth-order valence-electron chi connectivity index (χ4n) is 1.55. The first kappa shape index (κ1) is 14.9. The van der Waals surface area contributed by atoms with Gasteiger partial charge in [0.15, 0.2) is 0 Å². The number of aromatic nitrogens is 1. The predicted molar refractivity (Wildman–Crippen MR) is 72.9 cm³/mol. The van der Waals surface area contributed by atoms with E-state index in [2.05, 4.69) is 26.2 Å². The molecule has 0 aliphatic rings. The van der Waals surface area contributed by atoms with Crippen LogP contribution in [0.5, 0.6) is 0 Å². The van der Waals surface area contributed by atoms with Crippen molar-refractivity contribution in [2.75, 3.05) is 5.32 Å². The van der Waals surface area contributed by atoms with Crippen LogP contribution in [0, 0.1) is 0 Å². The third-order valence-corrected chi connectivity index (χ3v) is 3.12. The van der Waals surface area contributed by atoms with Crippen LogP contribution in [-0.2, 0) is 6.18 Å². The summed E-state index contributed by atoms with van der Waals surface area (Å²) in [6.07, 6.45) is -3.11. The predicted octanol–water partition coefficient (Wildman–Crippen LogP) is 4.70. The Labute approximate surface area is 125 Å². The Morgan fingerprint density at radius 1 is 1.30 bits per heavy atom. The fraction of sp³-hybridized carbons (Fsp3) is 0.0833. The number of hydrogen-bond acceptors (Lipinski definition) is 1. The van der Waals surface area contributed by atoms with Crippen LogP contribution < -0.4 is 5.32 Å². The van der Waals surface area contributed by atoms with Crippen LogP contribution >= 0.6 is 27.5 Å². The number of anilines is 1. The zero-order valence-corrected chi connectivity index (χ0v) is 12.0. The zero-order chi connectivity index (χ0) is 14.9. The van der Waals surface area contributed by atoms with E-state index in [0.29, 0.717) is 4.47 Å². The van der Waals surface area contributed by atoms with Crippen molar-refractivity contribution >= 4 is 39.1 Å². The highest BCUT2D eigenvalue weighted by Gasteiger charge is 2.34. The van der Waals surface area contributed by atoms with Crippen LogP contribution in [0.2, 0.25) is 5.02 Å². The molecule has 0 saturated heterocycles. The second kappa shape index (κ2) is 5.49. The van der Waals surface area contributed by atoms with Gasteiger partial charge in [0, 0.05) is 15.7 Å². The SMILES string of the molecule is O=C(Nc1ccc(Cl)cc1C(F)(F)F)c1cc(Br)c[nH]1. The van der Waals surface area contributed by atoms with E-state index in [1.54, 1.807) is 0 Å². The Kier molecular flexibility index (Phi) is 4.10. The van der Waals surface area contributed by atoms with E-state index in [9.17, 15) is 18.0 Å². The van der Waals surface area contributed by atoms with Crippen LogP contribution in [0.15, 0.2) is 34.9 Å². The van der Waals surface area contributed by atoms with Gasteiger partial charge in [-0.2, -0.15) is 13.2 Å². The monoisotopic (exact) mass is 366 g/mol. The summed E-state index contributed by atoms with van der Waals surface area (Å²) in [4.78, 5) is 14.5. The molecule has 0 radical (unpaired) electrons. The summed E-state index contributed by atoms with van der Waals surface area (Å²) in [7, 11) is 0. The van der Waals surface area contributed by atoms with Gasteiger partial charge >= 0.3 is 6.18 Å². The van der Waals surface area contributed by atoms with Crippen molar-refractivity contribution in [3.8, 4) is 0 Å². The van der Waals surface area contributed by atoms with Crippen molar-refractivity contribution < 1.29 is 18.0 Å². The first-order valence-electron chi connectivity index (χ1n) is 5.29. The molecule has 1 aromatic carbocycles. The zero-order valence-electron chi connectivity index (χ0n) is 9.68. The maximum Gasteiger partial charge on any atom is 0.418 e. The number of amides is 1. The molecule has 0 saturated carbocycles. The van der Waals surface area contributed by atoms with Crippen LogP contribution in [0.1, 0.15) is 16.1 Å². The number of aromatic amines is 1. The van der Waals surface area contributed by atoms with Gasteiger partial charge in [-0.1, -0.05) is 11.6 Å². The second-order valence-electron chi connectivity index (χ2n) is 3.87. The van der Waals surface area contributed by atoms with Crippen molar-refractivity contribution in [1.29, 1.82) is 0 Å². The molecule has 1 aromatic heterocycles. The Bertz CT molecular complexity index is 654. The molecule has 0 atom stereocenters. The maximum absolute atomic E-state index is 12.9. The minimum atomic E-state index is -4.61. The number of nitrogens with one attached hydrogen (secondary N) is 2. The third-order valence-electron chi connectivity index (χ3n) is 2.43. The van der Waals surface area contributed by atoms with Crippen molar-refractivity contribution in [1.82, 2.24) is 4.98 Å². The van der Waals surface area contributed by atoms with E-state index in [1.165, 1.54) is 18.3 Å². The molecule has 2 N–H and O–H groups in total. The number of halogens is 5. The van der Waals surface area contributed by atoms with E-state index in [0.717, 1.165) is 12.1 Å². The number of H-pyrrole nitrogens is 1. The van der Waals surface area contributed by atoms with Crippen LogP contribution in [0.3, 0.4) is 0 Å². The minimum absolute atomic E-state index is 0.0575. The summed E-state index contributed by atoms with van der Waals surface area (Å²) in [5, 5.41) is 2.15. The smallest absolute Gasteiger partial charge is 0.356 e. The van der Waals surface area contributed by atoms with Gasteiger partial charge in [-0.3, -0.25) is 4.79 Å². The largest absolute Gasteiger partial charge is 0.418 e. The lowest BCUT2D eigenvalue weighted by molar-refractivity contribution is -0.136. The van der Waals surface area contributed by atoms with E-state index >= 15 is 0 Å². The van der Waals surface area contributed by atoms with Crippen molar-refractivity contribution in [3.05, 3.63) is 51.2 Å². The summed E-state index contributed by atoms with van der Waals surface area (Å²) in [6.45, 7) is 0. The molecule has 1 amide bonds. The minimum Gasteiger partial charge on any atom is -0.356 e. The molecule has 2 rings (SSSR count). The Balaban J connectivity index is 2.32. The fourth-order valence-corrected chi connectivity index (χ4v) is 2.06. The maximum atomic E-state index is 12.9. The molecule has 0 aliphatic carbocycles. The molecule has 0 unspecified atom stereocenters. The van der Waals surface area contributed by atoms with Crippen LogP contribution in [0.25, 0.3) is 0 Å². The van der Waals surface area contributed by atoms with E-state index in [4.69, 9.17) is 11.6 Å². The highest BCUT2D eigenvalue weighted by molar-refractivity contribution is 9.10. The molecule has 0 fully saturated rings. The summed E-state index contributed by atoms with van der Waals surface area (Å²) >= 11 is 8.69. The normalized spacial score (nSPS) is 11.4. The highest BCUT2D eigenvalue weighted by atomic mass is 79.9. The first-order valence-corrected chi connectivity index (χ1v) is 6.46. The molecule has 0 bridgehead atoms. The summed E-state index contributed by atoms with van der Waals surface area (Å²) in [6, 6.07) is 4.61. The molecule has 3 nitrogen and oxygen atoms in total.